The van der Waals surface area contributed by atoms with E-state index < -0.39 is 15.6 Å². The highest BCUT2D eigenvalue weighted by molar-refractivity contribution is 7.93. The third-order valence-electron chi connectivity index (χ3n) is 4.78. The van der Waals surface area contributed by atoms with Crippen LogP contribution in [0, 0.1) is 6.92 Å². The average Bonchev–Trinajstić information content (AvgIpc) is 3.07. The molecule has 2 fully saturated rings. The van der Waals surface area contributed by atoms with Gasteiger partial charge in [-0.05, 0) is 43.9 Å². The van der Waals surface area contributed by atoms with Gasteiger partial charge in [0.1, 0.15) is 0 Å². The molecule has 1 aromatic rings. The number of nitrogens with zero attached hydrogens (tertiary/aromatic N) is 1. The molecule has 2 aliphatic rings. The fraction of sp³-hybridized carbons (Fsp3) is 0.562. The molecule has 0 radical (unpaired) electrons. The van der Waals surface area contributed by atoms with Gasteiger partial charge in [0.15, 0.2) is 0 Å². The molecule has 1 heterocycles. The first kappa shape index (κ1) is 16.3. The van der Waals surface area contributed by atoms with Crippen LogP contribution in [-0.2, 0) is 14.8 Å². The van der Waals surface area contributed by atoms with Crippen molar-refractivity contribution in [2.24, 2.45) is 5.73 Å². The Labute approximate surface area is 137 Å². The van der Waals surface area contributed by atoms with Crippen molar-refractivity contribution in [3.05, 3.63) is 23.8 Å². The zero-order valence-electron chi connectivity index (χ0n) is 13.3. The highest BCUT2D eigenvalue weighted by Gasteiger charge is 2.37. The molecule has 0 spiro atoms. The van der Waals surface area contributed by atoms with Crippen LogP contribution in [0.2, 0.25) is 0 Å². The van der Waals surface area contributed by atoms with Crippen molar-refractivity contribution in [1.29, 1.82) is 0 Å². The molecule has 1 aromatic carbocycles. The molecule has 0 unspecified atom stereocenters. The summed E-state index contributed by atoms with van der Waals surface area (Å²) in [5.74, 6) is -0.0105. The van der Waals surface area contributed by atoms with Gasteiger partial charge in [0.25, 0.3) is 0 Å². The van der Waals surface area contributed by atoms with E-state index in [-0.39, 0.29) is 11.7 Å². The van der Waals surface area contributed by atoms with Gasteiger partial charge in [0, 0.05) is 12.2 Å². The highest BCUT2D eigenvalue weighted by Crippen LogP contribution is 2.32. The maximum Gasteiger partial charge on any atom is 0.244 e. The number of rotatable bonds is 3. The van der Waals surface area contributed by atoms with E-state index in [2.05, 4.69) is 5.32 Å². The molecule has 1 amide bonds. The standard InChI is InChI=1S/C16H23N3O3S/c1-12-5-6-13(18-15(20)16(17)7-2-3-8-16)11-14(12)19-9-4-10-23(19,21)22/h5-6,11H,2-4,7-10,17H2,1H3,(H,18,20). The lowest BCUT2D eigenvalue weighted by molar-refractivity contribution is -0.121. The predicted molar refractivity (Wildman–Crippen MR) is 90.9 cm³/mol. The van der Waals surface area contributed by atoms with Crippen molar-refractivity contribution in [1.82, 2.24) is 0 Å². The number of anilines is 2. The van der Waals surface area contributed by atoms with Crippen molar-refractivity contribution in [3.8, 4) is 0 Å². The normalized spacial score (nSPS) is 22.3. The van der Waals surface area contributed by atoms with Crippen LogP contribution < -0.4 is 15.4 Å². The second kappa shape index (κ2) is 5.79. The zero-order chi connectivity index (χ0) is 16.7. The van der Waals surface area contributed by atoms with Gasteiger partial charge in [0.2, 0.25) is 15.9 Å². The van der Waals surface area contributed by atoms with E-state index in [4.69, 9.17) is 5.73 Å². The minimum Gasteiger partial charge on any atom is -0.324 e. The first-order valence-corrected chi connectivity index (χ1v) is 9.64. The summed E-state index contributed by atoms with van der Waals surface area (Å²) < 4.78 is 25.7. The van der Waals surface area contributed by atoms with Crippen molar-refractivity contribution < 1.29 is 13.2 Å². The largest absolute Gasteiger partial charge is 0.324 e. The fourth-order valence-electron chi connectivity index (χ4n) is 3.35. The first-order chi connectivity index (χ1) is 10.8. The van der Waals surface area contributed by atoms with E-state index in [1.165, 1.54) is 4.31 Å². The van der Waals surface area contributed by atoms with Crippen LogP contribution in [0.25, 0.3) is 0 Å². The Morgan fingerprint density at radius 3 is 2.57 bits per heavy atom. The minimum absolute atomic E-state index is 0.176. The second-order valence-electron chi connectivity index (χ2n) is 6.56. The molecule has 0 atom stereocenters. The SMILES string of the molecule is Cc1ccc(NC(=O)C2(N)CCCC2)cc1N1CCCS1(=O)=O. The van der Waals surface area contributed by atoms with Crippen LogP contribution in [0.15, 0.2) is 18.2 Å². The van der Waals surface area contributed by atoms with Gasteiger partial charge in [-0.25, -0.2) is 8.42 Å². The number of nitrogens with two attached hydrogens (primary N) is 1. The van der Waals surface area contributed by atoms with Crippen molar-refractivity contribution in [2.75, 3.05) is 21.9 Å². The number of benzene rings is 1. The average molecular weight is 337 g/mol. The monoisotopic (exact) mass is 337 g/mol. The molecule has 0 aromatic heterocycles. The first-order valence-electron chi connectivity index (χ1n) is 8.03. The Balaban J connectivity index is 1.85. The number of nitrogens with one attached hydrogen (secondary N) is 1. The molecular weight excluding hydrogens is 314 g/mol. The summed E-state index contributed by atoms with van der Waals surface area (Å²) >= 11 is 0. The van der Waals surface area contributed by atoms with Crippen LogP contribution in [0.5, 0.6) is 0 Å². The summed E-state index contributed by atoms with van der Waals surface area (Å²) in [7, 11) is -3.24. The van der Waals surface area contributed by atoms with Crippen LogP contribution in [0.4, 0.5) is 11.4 Å². The Kier molecular flexibility index (Phi) is 4.10. The topological polar surface area (TPSA) is 92.5 Å². The summed E-state index contributed by atoms with van der Waals surface area (Å²) in [6.45, 7) is 2.36. The summed E-state index contributed by atoms with van der Waals surface area (Å²) in [5.41, 5.74) is 7.47. The molecule has 1 aliphatic carbocycles. The Morgan fingerprint density at radius 2 is 1.96 bits per heavy atom. The number of carbonyl (C=O) groups excluding carboxylic acids is 1. The lowest BCUT2D eigenvalue weighted by Gasteiger charge is -2.24. The van der Waals surface area contributed by atoms with Gasteiger partial charge in [-0.2, -0.15) is 0 Å². The molecule has 3 N–H and O–H groups in total. The number of amides is 1. The van der Waals surface area contributed by atoms with Gasteiger partial charge >= 0.3 is 0 Å². The van der Waals surface area contributed by atoms with E-state index >= 15 is 0 Å². The molecule has 3 rings (SSSR count). The number of sulfonamides is 1. The third kappa shape index (κ3) is 3.07. The van der Waals surface area contributed by atoms with Gasteiger partial charge in [-0.15, -0.1) is 0 Å². The van der Waals surface area contributed by atoms with Crippen molar-refractivity contribution in [3.63, 3.8) is 0 Å². The van der Waals surface area contributed by atoms with E-state index in [9.17, 15) is 13.2 Å². The zero-order valence-corrected chi connectivity index (χ0v) is 14.2. The number of hydrogen-bond donors (Lipinski definition) is 2. The molecule has 0 bridgehead atoms. The van der Waals surface area contributed by atoms with E-state index in [1.807, 2.05) is 13.0 Å². The van der Waals surface area contributed by atoms with Gasteiger partial charge in [0.05, 0.1) is 17.0 Å². The summed E-state index contributed by atoms with van der Waals surface area (Å²) in [5, 5.41) is 2.86. The molecule has 23 heavy (non-hydrogen) atoms. The lowest BCUT2D eigenvalue weighted by Crippen LogP contribution is -2.48. The van der Waals surface area contributed by atoms with Gasteiger partial charge < -0.3 is 11.1 Å². The lowest BCUT2D eigenvalue weighted by atomic mass is 9.98. The second-order valence-corrected chi connectivity index (χ2v) is 8.57. The molecule has 1 aliphatic heterocycles. The number of hydrogen-bond acceptors (Lipinski definition) is 4. The predicted octanol–water partition coefficient (Wildman–Crippen LogP) is 1.74. The summed E-state index contributed by atoms with van der Waals surface area (Å²) in [4.78, 5) is 12.4. The summed E-state index contributed by atoms with van der Waals surface area (Å²) in [6.07, 6.45) is 3.95. The molecule has 7 heteroatoms. The maximum absolute atomic E-state index is 12.4. The van der Waals surface area contributed by atoms with Crippen LogP contribution in [0.1, 0.15) is 37.7 Å². The van der Waals surface area contributed by atoms with Gasteiger partial charge in [-0.1, -0.05) is 18.9 Å². The van der Waals surface area contributed by atoms with Crippen LogP contribution in [-0.4, -0.2) is 32.2 Å². The molecule has 1 saturated carbocycles. The quantitative estimate of drug-likeness (QED) is 0.879. The number of aryl methyl sites for hydroxylation is 1. The Morgan fingerprint density at radius 1 is 1.26 bits per heavy atom. The van der Waals surface area contributed by atoms with Crippen LogP contribution in [0.3, 0.4) is 0 Å². The molecule has 6 nitrogen and oxygen atoms in total. The van der Waals surface area contributed by atoms with Crippen molar-refractivity contribution >= 4 is 27.3 Å². The Hall–Kier alpha value is -1.60. The molecule has 1 saturated heterocycles. The van der Waals surface area contributed by atoms with Crippen molar-refractivity contribution in [2.45, 2.75) is 44.6 Å². The molecular formula is C16H23N3O3S. The smallest absolute Gasteiger partial charge is 0.244 e. The molecule has 126 valence electrons. The Bertz CT molecular complexity index is 724. The van der Waals surface area contributed by atoms with Gasteiger partial charge in [-0.3, -0.25) is 9.10 Å². The maximum atomic E-state index is 12.4. The van der Waals surface area contributed by atoms with Crippen LogP contribution >= 0.6 is 0 Å². The van der Waals surface area contributed by atoms with E-state index in [0.29, 0.717) is 37.2 Å². The number of carbonyl (C=O) groups is 1. The fourth-order valence-corrected chi connectivity index (χ4v) is 4.97. The highest BCUT2D eigenvalue weighted by atomic mass is 32.2. The van der Waals surface area contributed by atoms with E-state index in [0.717, 1.165) is 18.4 Å². The third-order valence-corrected chi connectivity index (χ3v) is 6.64. The minimum atomic E-state index is -3.24. The summed E-state index contributed by atoms with van der Waals surface area (Å²) in [6, 6.07) is 5.35. The van der Waals surface area contributed by atoms with E-state index in [1.54, 1.807) is 12.1 Å².